The highest BCUT2D eigenvalue weighted by Crippen LogP contribution is 2.35. The molecule has 1 aliphatic heterocycles. The van der Waals surface area contributed by atoms with Crippen molar-refractivity contribution in [2.24, 2.45) is 5.92 Å². The maximum absolute atomic E-state index is 4.86. The van der Waals surface area contributed by atoms with Crippen LogP contribution in [0.4, 0.5) is 5.82 Å². The molecule has 0 saturated carbocycles. The Morgan fingerprint density at radius 1 is 1.24 bits per heavy atom. The number of thiophene rings is 1. The fourth-order valence-electron chi connectivity index (χ4n) is 3.76. The number of hydrogen-bond donors (Lipinski definition) is 0. The van der Waals surface area contributed by atoms with E-state index in [-0.39, 0.29) is 0 Å². The van der Waals surface area contributed by atoms with Crippen LogP contribution in [-0.4, -0.2) is 32.6 Å². The summed E-state index contributed by atoms with van der Waals surface area (Å²) in [5, 5.41) is 3.56. The van der Waals surface area contributed by atoms with Crippen molar-refractivity contribution in [3.05, 3.63) is 35.5 Å². The van der Waals surface area contributed by atoms with Crippen LogP contribution < -0.4 is 4.90 Å². The smallest absolute Gasteiger partial charge is 0.141 e. The summed E-state index contributed by atoms with van der Waals surface area (Å²) in [5.41, 5.74) is 1.40. The minimum absolute atomic E-state index is 0.551. The molecule has 1 fully saturated rings. The number of aromatic nitrogens is 4. The SMILES string of the molecule is Cc1nc(N2CCC(n3ccnc3)CC2)c2c(CC(C)C)csc2n1. The van der Waals surface area contributed by atoms with Gasteiger partial charge in [0.15, 0.2) is 0 Å². The molecule has 4 rings (SSSR count). The number of fused-ring (bicyclic) bond motifs is 1. The number of hydrogen-bond acceptors (Lipinski definition) is 5. The predicted molar refractivity (Wildman–Crippen MR) is 103 cm³/mol. The average Bonchev–Trinajstić information content (AvgIpc) is 3.24. The molecule has 3 aromatic heterocycles. The Balaban J connectivity index is 1.63. The van der Waals surface area contributed by atoms with E-state index in [9.17, 15) is 0 Å². The van der Waals surface area contributed by atoms with Crippen molar-refractivity contribution < 1.29 is 0 Å². The molecule has 0 bridgehead atoms. The lowest BCUT2D eigenvalue weighted by atomic mass is 10.0. The second-order valence-corrected chi connectivity index (χ2v) is 8.22. The Morgan fingerprint density at radius 3 is 2.72 bits per heavy atom. The van der Waals surface area contributed by atoms with Gasteiger partial charge in [-0.2, -0.15) is 0 Å². The molecular weight excluding hydrogens is 330 g/mol. The molecular formula is C19H25N5S. The number of piperidine rings is 1. The Hall–Kier alpha value is -1.95. The molecule has 0 unspecified atom stereocenters. The minimum Gasteiger partial charge on any atom is -0.356 e. The number of aryl methyl sites for hydroxylation is 1. The third-order valence-electron chi connectivity index (χ3n) is 4.94. The van der Waals surface area contributed by atoms with Crippen LogP contribution in [0.2, 0.25) is 0 Å². The van der Waals surface area contributed by atoms with Gasteiger partial charge in [-0.15, -0.1) is 11.3 Å². The Labute approximate surface area is 152 Å². The first-order valence-corrected chi connectivity index (χ1v) is 9.97. The van der Waals surface area contributed by atoms with E-state index in [1.807, 2.05) is 19.4 Å². The third-order valence-corrected chi connectivity index (χ3v) is 5.86. The van der Waals surface area contributed by atoms with E-state index in [1.54, 1.807) is 11.3 Å². The summed E-state index contributed by atoms with van der Waals surface area (Å²) in [7, 11) is 0. The second kappa shape index (κ2) is 6.75. The number of rotatable bonds is 4. The van der Waals surface area contributed by atoms with Gasteiger partial charge in [-0.3, -0.25) is 0 Å². The van der Waals surface area contributed by atoms with Crippen LogP contribution in [0.15, 0.2) is 24.1 Å². The molecule has 25 heavy (non-hydrogen) atoms. The summed E-state index contributed by atoms with van der Waals surface area (Å²) in [6.07, 6.45) is 9.23. The summed E-state index contributed by atoms with van der Waals surface area (Å²) in [5.74, 6) is 2.65. The van der Waals surface area contributed by atoms with Gasteiger partial charge < -0.3 is 9.47 Å². The van der Waals surface area contributed by atoms with Crippen molar-refractivity contribution in [3.8, 4) is 0 Å². The number of anilines is 1. The van der Waals surface area contributed by atoms with Gasteiger partial charge in [0, 0.05) is 31.5 Å². The van der Waals surface area contributed by atoms with E-state index < -0.39 is 0 Å². The van der Waals surface area contributed by atoms with Crippen LogP contribution in [0.3, 0.4) is 0 Å². The molecule has 0 radical (unpaired) electrons. The highest BCUT2D eigenvalue weighted by molar-refractivity contribution is 7.17. The van der Waals surface area contributed by atoms with Gasteiger partial charge >= 0.3 is 0 Å². The van der Waals surface area contributed by atoms with Crippen LogP contribution in [-0.2, 0) is 6.42 Å². The topological polar surface area (TPSA) is 46.8 Å². The van der Waals surface area contributed by atoms with E-state index >= 15 is 0 Å². The summed E-state index contributed by atoms with van der Waals surface area (Å²) >= 11 is 1.76. The van der Waals surface area contributed by atoms with Gasteiger partial charge in [-0.1, -0.05) is 13.8 Å². The Kier molecular flexibility index (Phi) is 4.46. The fourth-order valence-corrected chi connectivity index (χ4v) is 4.76. The first-order chi connectivity index (χ1) is 12.1. The standard InChI is InChI=1S/C19H25N5S/c1-13(2)10-15-11-25-19-17(15)18(21-14(3)22-19)23-7-4-16(5-8-23)24-9-6-20-12-24/h6,9,11-13,16H,4-5,7-8,10H2,1-3H3. The monoisotopic (exact) mass is 355 g/mol. The van der Waals surface area contributed by atoms with Gasteiger partial charge in [-0.25, -0.2) is 15.0 Å². The van der Waals surface area contributed by atoms with Gasteiger partial charge in [0.05, 0.1) is 11.7 Å². The minimum atomic E-state index is 0.551. The zero-order valence-electron chi connectivity index (χ0n) is 15.1. The summed E-state index contributed by atoms with van der Waals surface area (Å²) in [4.78, 5) is 17.3. The first-order valence-electron chi connectivity index (χ1n) is 9.09. The highest BCUT2D eigenvalue weighted by atomic mass is 32.1. The Bertz CT molecular complexity index is 844. The predicted octanol–water partition coefficient (Wildman–Crippen LogP) is 4.24. The van der Waals surface area contributed by atoms with Crippen LogP contribution >= 0.6 is 11.3 Å². The van der Waals surface area contributed by atoms with Gasteiger partial charge in [-0.05, 0) is 43.0 Å². The average molecular weight is 356 g/mol. The second-order valence-electron chi connectivity index (χ2n) is 7.36. The van der Waals surface area contributed by atoms with Crippen LogP contribution in [0, 0.1) is 12.8 Å². The molecule has 6 heteroatoms. The van der Waals surface area contributed by atoms with Gasteiger partial charge in [0.25, 0.3) is 0 Å². The molecule has 0 atom stereocenters. The molecule has 0 aliphatic carbocycles. The molecule has 1 aliphatic rings. The van der Waals surface area contributed by atoms with Gasteiger partial charge in [0.1, 0.15) is 16.5 Å². The normalized spacial score (nSPS) is 16.2. The largest absolute Gasteiger partial charge is 0.356 e. The molecule has 0 N–H and O–H groups in total. The van der Waals surface area contributed by atoms with E-state index in [1.165, 1.54) is 10.9 Å². The number of nitrogens with zero attached hydrogens (tertiary/aromatic N) is 5. The van der Waals surface area contributed by atoms with E-state index in [0.717, 1.165) is 48.8 Å². The van der Waals surface area contributed by atoms with E-state index in [4.69, 9.17) is 4.98 Å². The first kappa shape index (κ1) is 16.5. The lowest BCUT2D eigenvalue weighted by Gasteiger charge is -2.34. The molecule has 4 heterocycles. The Morgan fingerprint density at radius 2 is 2.04 bits per heavy atom. The maximum atomic E-state index is 4.86. The zero-order valence-corrected chi connectivity index (χ0v) is 16.0. The highest BCUT2D eigenvalue weighted by Gasteiger charge is 2.24. The zero-order chi connectivity index (χ0) is 17.4. The van der Waals surface area contributed by atoms with Crippen LogP contribution in [0.5, 0.6) is 0 Å². The summed E-state index contributed by atoms with van der Waals surface area (Å²) in [6, 6.07) is 0.551. The molecule has 3 aromatic rings. The summed E-state index contributed by atoms with van der Waals surface area (Å²) < 4.78 is 2.24. The molecule has 0 aromatic carbocycles. The summed E-state index contributed by atoms with van der Waals surface area (Å²) in [6.45, 7) is 8.61. The quantitative estimate of drug-likeness (QED) is 0.702. The molecule has 5 nitrogen and oxygen atoms in total. The molecule has 0 spiro atoms. The fraction of sp³-hybridized carbons (Fsp3) is 0.526. The molecule has 132 valence electrons. The van der Waals surface area contributed by atoms with Crippen LogP contribution in [0.1, 0.15) is 44.1 Å². The lowest BCUT2D eigenvalue weighted by Crippen LogP contribution is -2.35. The van der Waals surface area contributed by atoms with E-state index in [0.29, 0.717) is 12.0 Å². The molecule has 0 amide bonds. The van der Waals surface area contributed by atoms with E-state index in [2.05, 4.69) is 44.9 Å². The van der Waals surface area contributed by atoms with Gasteiger partial charge in [0.2, 0.25) is 0 Å². The number of imidazole rings is 1. The maximum Gasteiger partial charge on any atom is 0.141 e. The lowest BCUT2D eigenvalue weighted by molar-refractivity contribution is 0.395. The van der Waals surface area contributed by atoms with Crippen molar-refractivity contribution in [3.63, 3.8) is 0 Å². The van der Waals surface area contributed by atoms with Crippen molar-refractivity contribution in [1.82, 2.24) is 19.5 Å². The van der Waals surface area contributed by atoms with Crippen molar-refractivity contribution in [1.29, 1.82) is 0 Å². The van der Waals surface area contributed by atoms with Crippen molar-refractivity contribution >= 4 is 27.4 Å². The third kappa shape index (κ3) is 3.27. The van der Waals surface area contributed by atoms with Crippen LogP contribution in [0.25, 0.3) is 10.2 Å². The van der Waals surface area contributed by atoms with Crippen molar-refractivity contribution in [2.75, 3.05) is 18.0 Å². The molecule has 1 saturated heterocycles. The van der Waals surface area contributed by atoms with Crippen molar-refractivity contribution in [2.45, 2.75) is 46.1 Å².